The number of carbonyl (C=O) groups is 1. The predicted molar refractivity (Wildman–Crippen MR) is 124 cm³/mol. The van der Waals surface area contributed by atoms with Crippen molar-refractivity contribution in [2.24, 2.45) is 0 Å². The quantitative estimate of drug-likeness (QED) is 0.599. The van der Waals surface area contributed by atoms with Gasteiger partial charge in [0.15, 0.2) is 0 Å². The number of nitrogens with zero attached hydrogens (tertiary/aromatic N) is 2. The lowest BCUT2D eigenvalue weighted by molar-refractivity contribution is 0.102. The SMILES string of the molecule is CCN(CC)S(=O)(=O)c1cc(C(=O)Nc2cccc(S(=O)(=O)N3CCCC3)c2)ccc1Cl. The molecule has 1 heterocycles. The van der Waals surface area contributed by atoms with Crippen molar-refractivity contribution in [3.05, 3.63) is 53.1 Å². The third-order valence-electron chi connectivity index (χ3n) is 5.31. The molecule has 0 aromatic heterocycles. The molecule has 1 amide bonds. The van der Waals surface area contributed by atoms with Crippen molar-refractivity contribution in [3.8, 4) is 0 Å². The highest BCUT2D eigenvalue weighted by molar-refractivity contribution is 7.89. The minimum atomic E-state index is -3.86. The summed E-state index contributed by atoms with van der Waals surface area (Å²) in [7, 11) is -7.49. The molecule has 3 rings (SSSR count). The van der Waals surface area contributed by atoms with Gasteiger partial charge in [0.05, 0.1) is 9.92 Å². The van der Waals surface area contributed by atoms with E-state index in [1.807, 2.05) is 0 Å². The van der Waals surface area contributed by atoms with Gasteiger partial charge in [-0.05, 0) is 49.2 Å². The topological polar surface area (TPSA) is 104 Å². The molecule has 8 nitrogen and oxygen atoms in total. The highest BCUT2D eigenvalue weighted by atomic mass is 35.5. The van der Waals surface area contributed by atoms with Crippen LogP contribution >= 0.6 is 11.6 Å². The Morgan fingerprint density at radius 1 is 1.03 bits per heavy atom. The van der Waals surface area contributed by atoms with Gasteiger partial charge in [-0.2, -0.15) is 8.61 Å². The van der Waals surface area contributed by atoms with Crippen LogP contribution in [0.3, 0.4) is 0 Å². The summed E-state index contributed by atoms with van der Waals surface area (Å²) < 4.78 is 54.0. The van der Waals surface area contributed by atoms with Crippen LogP contribution in [0.1, 0.15) is 37.0 Å². The molecule has 2 aromatic carbocycles. The maximum Gasteiger partial charge on any atom is 0.255 e. The Kier molecular flexibility index (Phi) is 7.61. The minimum absolute atomic E-state index is 0.0205. The number of sulfonamides is 2. The maximum atomic E-state index is 12.9. The molecule has 0 radical (unpaired) electrons. The van der Waals surface area contributed by atoms with E-state index in [-0.39, 0.29) is 33.5 Å². The van der Waals surface area contributed by atoms with Crippen LogP contribution in [0.2, 0.25) is 5.02 Å². The van der Waals surface area contributed by atoms with Crippen LogP contribution in [0.5, 0.6) is 0 Å². The van der Waals surface area contributed by atoms with Gasteiger partial charge in [0.1, 0.15) is 4.90 Å². The van der Waals surface area contributed by atoms with Crippen LogP contribution < -0.4 is 5.32 Å². The molecular formula is C21H26ClN3O5S2. The highest BCUT2D eigenvalue weighted by Crippen LogP contribution is 2.27. The number of nitrogens with one attached hydrogen (secondary N) is 1. The van der Waals surface area contributed by atoms with E-state index in [1.165, 1.54) is 38.9 Å². The van der Waals surface area contributed by atoms with E-state index in [9.17, 15) is 21.6 Å². The molecule has 0 unspecified atom stereocenters. The smallest absolute Gasteiger partial charge is 0.255 e. The molecule has 0 spiro atoms. The van der Waals surface area contributed by atoms with Gasteiger partial charge in [0.2, 0.25) is 20.0 Å². The van der Waals surface area contributed by atoms with Crippen LogP contribution in [0.4, 0.5) is 5.69 Å². The average molecular weight is 500 g/mol. The first kappa shape index (κ1) is 24.7. The molecule has 0 aliphatic carbocycles. The first-order valence-electron chi connectivity index (χ1n) is 10.3. The van der Waals surface area contributed by atoms with Crippen LogP contribution in [0.15, 0.2) is 52.3 Å². The number of hydrogen-bond donors (Lipinski definition) is 1. The zero-order valence-corrected chi connectivity index (χ0v) is 20.3. The number of rotatable bonds is 8. The average Bonchev–Trinajstić information content (AvgIpc) is 3.30. The van der Waals surface area contributed by atoms with Gasteiger partial charge >= 0.3 is 0 Å². The Hall–Kier alpha value is -1.98. The van der Waals surface area contributed by atoms with Gasteiger partial charge < -0.3 is 5.32 Å². The van der Waals surface area contributed by atoms with Gasteiger partial charge in [-0.1, -0.05) is 31.5 Å². The molecule has 32 heavy (non-hydrogen) atoms. The molecule has 174 valence electrons. The second kappa shape index (κ2) is 9.88. The van der Waals surface area contributed by atoms with E-state index in [2.05, 4.69) is 5.32 Å². The van der Waals surface area contributed by atoms with Crippen molar-refractivity contribution >= 4 is 43.2 Å². The lowest BCUT2D eigenvalue weighted by Crippen LogP contribution is -2.31. The summed E-state index contributed by atoms with van der Waals surface area (Å²) in [5, 5.41) is 2.66. The van der Waals surface area contributed by atoms with E-state index in [0.717, 1.165) is 12.8 Å². The van der Waals surface area contributed by atoms with E-state index in [0.29, 0.717) is 18.8 Å². The summed E-state index contributed by atoms with van der Waals surface area (Å²) in [6.07, 6.45) is 1.65. The number of carbonyl (C=O) groups excluding carboxylic acids is 1. The molecular weight excluding hydrogens is 474 g/mol. The first-order chi connectivity index (χ1) is 15.1. The molecule has 0 bridgehead atoms. The Morgan fingerprint density at radius 3 is 2.31 bits per heavy atom. The lowest BCUT2D eigenvalue weighted by Gasteiger charge is -2.19. The van der Waals surface area contributed by atoms with Crippen molar-refractivity contribution in [3.63, 3.8) is 0 Å². The normalized spacial score (nSPS) is 15.2. The van der Waals surface area contributed by atoms with Gasteiger partial charge in [-0.3, -0.25) is 4.79 Å². The number of anilines is 1. The first-order valence-corrected chi connectivity index (χ1v) is 13.6. The highest BCUT2D eigenvalue weighted by Gasteiger charge is 2.28. The van der Waals surface area contributed by atoms with Crippen molar-refractivity contribution in [2.75, 3.05) is 31.5 Å². The van der Waals surface area contributed by atoms with Crippen LogP contribution in [-0.2, 0) is 20.0 Å². The monoisotopic (exact) mass is 499 g/mol. The van der Waals surface area contributed by atoms with Crippen LogP contribution in [0.25, 0.3) is 0 Å². The molecule has 11 heteroatoms. The standard InChI is InChI=1S/C21H26ClN3O5S2/c1-3-24(4-2)32(29,30)20-14-16(10-11-19(20)22)21(26)23-17-8-7-9-18(15-17)31(27,28)25-12-5-6-13-25/h7-11,14-15H,3-6,12-13H2,1-2H3,(H,23,26). The van der Waals surface area contributed by atoms with Gasteiger partial charge in [-0.15, -0.1) is 0 Å². The minimum Gasteiger partial charge on any atom is -0.322 e. The van der Waals surface area contributed by atoms with Crippen molar-refractivity contribution in [2.45, 2.75) is 36.5 Å². The largest absolute Gasteiger partial charge is 0.322 e. The van der Waals surface area contributed by atoms with Crippen molar-refractivity contribution < 1.29 is 21.6 Å². The van der Waals surface area contributed by atoms with E-state index < -0.39 is 26.0 Å². The molecule has 0 saturated carbocycles. The fourth-order valence-electron chi connectivity index (χ4n) is 3.56. The number of benzene rings is 2. The van der Waals surface area contributed by atoms with Gasteiger partial charge in [0, 0.05) is 37.4 Å². The zero-order chi connectivity index (χ0) is 23.5. The molecule has 1 aliphatic heterocycles. The number of hydrogen-bond acceptors (Lipinski definition) is 5. The molecule has 1 aliphatic rings. The maximum absolute atomic E-state index is 12.9. The Balaban J connectivity index is 1.87. The fraction of sp³-hybridized carbons (Fsp3) is 0.381. The summed E-state index contributed by atoms with van der Waals surface area (Å²) >= 11 is 6.13. The van der Waals surface area contributed by atoms with Crippen LogP contribution in [0, 0.1) is 0 Å². The lowest BCUT2D eigenvalue weighted by atomic mass is 10.2. The van der Waals surface area contributed by atoms with E-state index in [1.54, 1.807) is 26.0 Å². The Bertz CT molecular complexity index is 1210. The Labute approximate surface area is 194 Å². The number of amides is 1. The second-order valence-electron chi connectivity index (χ2n) is 7.33. The third kappa shape index (κ3) is 4.99. The summed E-state index contributed by atoms with van der Waals surface area (Å²) in [6.45, 7) is 4.93. The third-order valence-corrected chi connectivity index (χ3v) is 9.74. The second-order valence-corrected chi connectivity index (χ2v) is 11.6. The van der Waals surface area contributed by atoms with E-state index in [4.69, 9.17) is 11.6 Å². The van der Waals surface area contributed by atoms with Crippen molar-refractivity contribution in [1.29, 1.82) is 0 Å². The zero-order valence-electron chi connectivity index (χ0n) is 17.9. The summed E-state index contributed by atoms with van der Waals surface area (Å²) in [5.41, 5.74) is 0.381. The summed E-state index contributed by atoms with van der Waals surface area (Å²) in [6, 6.07) is 10.0. The summed E-state index contributed by atoms with van der Waals surface area (Å²) in [4.78, 5) is 12.8. The van der Waals surface area contributed by atoms with Gasteiger partial charge in [-0.25, -0.2) is 16.8 Å². The van der Waals surface area contributed by atoms with Gasteiger partial charge in [0.25, 0.3) is 5.91 Å². The van der Waals surface area contributed by atoms with E-state index >= 15 is 0 Å². The fourth-order valence-corrected chi connectivity index (χ4v) is 7.08. The number of halogens is 1. The molecule has 1 saturated heterocycles. The molecule has 1 fully saturated rings. The Morgan fingerprint density at radius 2 is 1.69 bits per heavy atom. The van der Waals surface area contributed by atoms with Crippen molar-refractivity contribution in [1.82, 2.24) is 8.61 Å². The van der Waals surface area contributed by atoms with Crippen LogP contribution in [-0.4, -0.2) is 57.5 Å². The molecule has 1 N–H and O–H groups in total. The predicted octanol–water partition coefficient (Wildman–Crippen LogP) is 3.41. The molecule has 2 aromatic rings. The summed E-state index contributed by atoms with van der Waals surface area (Å²) in [5.74, 6) is -0.576. The molecule has 0 atom stereocenters.